The van der Waals surface area contributed by atoms with Crippen molar-refractivity contribution >= 4 is 34.9 Å². The molecular formula is C28H29N3O5S. The smallest absolute Gasteiger partial charge is 0.411 e. The molecule has 5 rings (SSSR count). The summed E-state index contributed by atoms with van der Waals surface area (Å²) in [7, 11) is 0. The number of benzene rings is 2. The normalized spacial score (nSPS) is 21.1. The molecule has 3 aromatic rings. The number of carbonyl (C=O) groups is 3. The van der Waals surface area contributed by atoms with Crippen molar-refractivity contribution in [2.75, 3.05) is 18.5 Å². The first kappa shape index (κ1) is 25.0. The Bertz CT molecular complexity index is 1260. The van der Waals surface area contributed by atoms with Gasteiger partial charge in [-0.1, -0.05) is 48.0 Å². The second-order valence-electron chi connectivity index (χ2n) is 9.30. The molecule has 8 nitrogen and oxygen atoms in total. The van der Waals surface area contributed by atoms with E-state index in [1.807, 2.05) is 42.6 Å². The van der Waals surface area contributed by atoms with Gasteiger partial charge in [0.1, 0.15) is 0 Å². The van der Waals surface area contributed by atoms with Gasteiger partial charge in [-0.3, -0.25) is 14.5 Å². The number of ether oxygens (including phenoxy) is 2. The second-order valence-corrected chi connectivity index (χ2v) is 10.2. The fourth-order valence-electron chi connectivity index (χ4n) is 4.70. The summed E-state index contributed by atoms with van der Waals surface area (Å²) in [5, 5.41) is 7.68. The summed E-state index contributed by atoms with van der Waals surface area (Å²) in [6, 6.07) is 17.6. The molecule has 9 heteroatoms. The Hall–Kier alpha value is -3.69. The van der Waals surface area contributed by atoms with Crippen molar-refractivity contribution in [2.24, 2.45) is 0 Å². The van der Waals surface area contributed by atoms with Gasteiger partial charge in [0.15, 0.2) is 12.1 Å². The topological polar surface area (TPSA) is 97.0 Å². The van der Waals surface area contributed by atoms with Gasteiger partial charge < -0.3 is 20.1 Å². The molecule has 2 aromatic carbocycles. The van der Waals surface area contributed by atoms with E-state index in [0.29, 0.717) is 29.3 Å². The van der Waals surface area contributed by atoms with E-state index in [1.54, 1.807) is 30.3 Å². The molecule has 2 N–H and O–H groups in total. The lowest BCUT2D eigenvalue weighted by molar-refractivity contribution is -0.126. The van der Waals surface area contributed by atoms with Gasteiger partial charge in [-0.15, -0.1) is 11.3 Å². The predicted molar refractivity (Wildman–Crippen MR) is 140 cm³/mol. The van der Waals surface area contributed by atoms with Gasteiger partial charge in [-0.25, -0.2) is 4.79 Å². The number of hydrogen-bond donors (Lipinski definition) is 2. The van der Waals surface area contributed by atoms with E-state index in [4.69, 9.17) is 9.47 Å². The van der Waals surface area contributed by atoms with Crippen LogP contribution in [0.5, 0.6) is 0 Å². The van der Waals surface area contributed by atoms with Crippen molar-refractivity contribution in [3.63, 3.8) is 0 Å². The highest BCUT2D eigenvalue weighted by Gasteiger charge is 2.47. The maximum Gasteiger partial charge on any atom is 0.411 e. The van der Waals surface area contributed by atoms with Gasteiger partial charge >= 0.3 is 6.09 Å². The zero-order valence-corrected chi connectivity index (χ0v) is 21.3. The molecule has 2 aliphatic heterocycles. The Morgan fingerprint density at radius 2 is 1.95 bits per heavy atom. The van der Waals surface area contributed by atoms with E-state index < -0.39 is 18.2 Å². The van der Waals surface area contributed by atoms with Crippen LogP contribution in [-0.2, 0) is 20.8 Å². The first-order valence-electron chi connectivity index (χ1n) is 12.3. The first-order chi connectivity index (χ1) is 18.0. The van der Waals surface area contributed by atoms with E-state index >= 15 is 0 Å². The zero-order chi connectivity index (χ0) is 25.8. The van der Waals surface area contributed by atoms with Crippen LogP contribution in [0.25, 0.3) is 0 Å². The zero-order valence-electron chi connectivity index (χ0n) is 20.5. The lowest BCUT2D eigenvalue weighted by Gasteiger charge is -2.25. The van der Waals surface area contributed by atoms with E-state index in [2.05, 4.69) is 10.6 Å². The largest absolute Gasteiger partial charge is 0.438 e. The number of hydrogen-bond acceptors (Lipinski definition) is 6. The molecule has 2 fully saturated rings. The SMILES string of the molecule is Cc1cccc(CN2C(=O)O[C@H](c3ccc(NC(=O)c4cccs4)cc3)[C@H]2C(=O)NC[C@@H]2CCCO2)c1. The number of amides is 3. The number of nitrogens with zero attached hydrogens (tertiary/aromatic N) is 1. The van der Waals surface area contributed by atoms with E-state index in [1.165, 1.54) is 16.2 Å². The molecule has 0 aliphatic carbocycles. The number of nitrogens with one attached hydrogen (secondary N) is 2. The monoisotopic (exact) mass is 519 g/mol. The number of carbonyl (C=O) groups excluding carboxylic acids is 3. The summed E-state index contributed by atoms with van der Waals surface area (Å²) in [6.45, 7) is 3.33. The second kappa shape index (κ2) is 11.1. The van der Waals surface area contributed by atoms with Crippen LogP contribution in [0.15, 0.2) is 66.0 Å². The third kappa shape index (κ3) is 5.84. The molecule has 0 radical (unpaired) electrons. The van der Waals surface area contributed by atoms with E-state index in [0.717, 1.165) is 24.0 Å². The Labute approximate surface area is 219 Å². The van der Waals surface area contributed by atoms with Gasteiger partial charge in [0.25, 0.3) is 5.91 Å². The summed E-state index contributed by atoms with van der Waals surface area (Å²) < 4.78 is 11.4. The van der Waals surface area contributed by atoms with Gasteiger partial charge in [0.2, 0.25) is 5.91 Å². The fraction of sp³-hybridized carbons (Fsp3) is 0.321. The molecule has 3 heterocycles. The Morgan fingerprint density at radius 1 is 1.11 bits per heavy atom. The maximum atomic E-state index is 13.4. The summed E-state index contributed by atoms with van der Waals surface area (Å²) in [5.41, 5.74) is 3.27. The van der Waals surface area contributed by atoms with Gasteiger partial charge in [0, 0.05) is 18.8 Å². The summed E-state index contributed by atoms with van der Waals surface area (Å²) in [6.07, 6.45) is 0.526. The van der Waals surface area contributed by atoms with Crippen molar-refractivity contribution < 1.29 is 23.9 Å². The highest BCUT2D eigenvalue weighted by molar-refractivity contribution is 7.12. The van der Waals surface area contributed by atoms with Crippen LogP contribution in [0.4, 0.5) is 10.5 Å². The molecule has 2 saturated heterocycles. The van der Waals surface area contributed by atoms with Gasteiger partial charge in [0.05, 0.1) is 17.5 Å². The molecule has 0 saturated carbocycles. The molecule has 0 bridgehead atoms. The lowest BCUT2D eigenvalue weighted by Crippen LogP contribution is -2.47. The number of anilines is 1. The van der Waals surface area contributed by atoms with Crippen molar-refractivity contribution in [1.29, 1.82) is 0 Å². The maximum absolute atomic E-state index is 13.4. The molecule has 0 spiro atoms. The van der Waals surface area contributed by atoms with Crippen molar-refractivity contribution in [3.05, 3.63) is 87.6 Å². The van der Waals surface area contributed by atoms with Gasteiger partial charge in [-0.2, -0.15) is 0 Å². The molecule has 192 valence electrons. The highest BCUT2D eigenvalue weighted by Crippen LogP contribution is 2.35. The molecule has 0 unspecified atom stereocenters. The molecule has 1 aromatic heterocycles. The van der Waals surface area contributed by atoms with Crippen LogP contribution in [0.1, 0.15) is 45.3 Å². The van der Waals surface area contributed by atoms with Crippen molar-refractivity contribution in [3.8, 4) is 0 Å². The standard InChI is InChI=1S/C28H29N3O5S/c1-18-5-2-6-19(15-18)17-31-24(27(33)29-16-22-7-3-13-35-22)25(36-28(31)34)20-9-11-21(12-10-20)30-26(32)23-8-4-14-37-23/h2,4-6,8-12,14-15,22,24-25H,3,7,13,16-17H2,1H3,(H,29,33)(H,30,32)/t22-,24-,25+/m0/s1. The number of rotatable bonds is 8. The Morgan fingerprint density at radius 3 is 2.65 bits per heavy atom. The predicted octanol–water partition coefficient (Wildman–Crippen LogP) is 4.67. The summed E-state index contributed by atoms with van der Waals surface area (Å²) in [5.74, 6) is -0.472. The van der Waals surface area contributed by atoms with Crippen LogP contribution in [0, 0.1) is 6.92 Å². The Balaban J connectivity index is 1.35. The van der Waals surface area contributed by atoms with Crippen molar-refractivity contribution in [1.82, 2.24) is 10.2 Å². The number of aryl methyl sites for hydroxylation is 1. The minimum absolute atomic E-state index is 0.0168. The van der Waals surface area contributed by atoms with Crippen LogP contribution in [0.2, 0.25) is 0 Å². The average molecular weight is 520 g/mol. The molecule has 3 amide bonds. The quantitative estimate of drug-likeness (QED) is 0.451. The molecule has 2 aliphatic rings. The number of thiophene rings is 1. The lowest BCUT2D eigenvalue weighted by atomic mass is 10.00. The number of cyclic esters (lactones) is 1. The fourth-order valence-corrected chi connectivity index (χ4v) is 5.32. The Kier molecular flexibility index (Phi) is 7.52. The average Bonchev–Trinajstić information content (AvgIpc) is 3.66. The molecular weight excluding hydrogens is 490 g/mol. The van der Waals surface area contributed by atoms with Crippen LogP contribution >= 0.6 is 11.3 Å². The van der Waals surface area contributed by atoms with E-state index in [-0.39, 0.29) is 24.5 Å². The summed E-state index contributed by atoms with van der Waals surface area (Å²) in [4.78, 5) is 40.9. The molecule has 3 atom stereocenters. The van der Waals surface area contributed by atoms with Crippen LogP contribution < -0.4 is 10.6 Å². The minimum atomic E-state index is -0.846. The van der Waals surface area contributed by atoms with Crippen LogP contribution in [0.3, 0.4) is 0 Å². The van der Waals surface area contributed by atoms with Crippen molar-refractivity contribution in [2.45, 2.75) is 44.6 Å². The summed E-state index contributed by atoms with van der Waals surface area (Å²) >= 11 is 1.36. The first-order valence-corrected chi connectivity index (χ1v) is 13.2. The van der Waals surface area contributed by atoms with Gasteiger partial charge in [-0.05, 0) is 54.5 Å². The third-order valence-electron chi connectivity index (χ3n) is 6.56. The minimum Gasteiger partial charge on any atom is -0.438 e. The van der Waals surface area contributed by atoms with Crippen LogP contribution in [-0.4, -0.2) is 48.1 Å². The third-order valence-corrected chi connectivity index (χ3v) is 7.43. The molecule has 37 heavy (non-hydrogen) atoms. The highest BCUT2D eigenvalue weighted by atomic mass is 32.1. The van der Waals surface area contributed by atoms with E-state index in [9.17, 15) is 14.4 Å².